The maximum absolute atomic E-state index is 5.69. The third-order valence-electron chi connectivity index (χ3n) is 3.15. The second kappa shape index (κ2) is 8.34. The average molecular weight is 396 g/mol. The van der Waals surface area contributed by atoms with Crippen LogP contribution in [0, 0.1) is 3.57 Å². The number of aromatic nitrogens is 1. The molecule has 0 aliphatic rings. The van der Waals surface area contributed by atoms with Crippen molar-refractivity contribution in [2.45, 2.75) is 26.3 Å². The first-order valence-corrected chi connectivity index (χ1v) is 8.39. The van der Waals surface area contributed by atoms with Crippen molar-refractivity contribution in [1.82, 2.24) is 10.3 Å². The van der Waals surface area contributed by atoms with Crippen LogP contribution in [0.3, 0.4) is 0 Å². The summed E-state index contributed by atoms with van der Waals surface area (Å²) in [6.07, 6.45) is 4.68. The molecule has 1 N–H and O–H groups in total. The largest absolute Gasteiger partial charge is 0.492 e. The minimum atomic E-state index is 0.143. The SMILES string of the molecule is CCCOc1cncc(C(NCC)c2ccc(I)cc2)c1. The molecule has 0 saturated carbocycles. The van der Waals surface area contributed by atoms with E-state index in [1.807, 2.05) is 6.20 Å². The van der Waals surface area contributed by atoms with Crippen LogP contribution < -0.4 is 10.1 Å². The number of nitrogens with one attached hydrogen (secondary N) is 1. The van der Waals surface area contributed by atoms with Gasteiger partial charge >= 0.3 is 0 Å². The lowest BCUT2D eigenvalue weighted by molar-refractivity contribution is 0.315. The maximum Gasteiger partial charge on any atom is 0.137 e. The molecule has 0 aliphatic carbocycles. The van der Waals surface area contributed by atoms with Gasteiger partial charge in [-0.2, -0.15) is 0 Å². The minimum absolute atomic E-state index is 0.143. The number of hydrogen-bond donors (Lipinski definition) is 1. The zero-order valence-corrected chi connectivity index (χ0v) is 14.6. The van der Waals surface area contributed by atoms with Gasteiger partial charge in [0.05, 0.1) is 18.8 Å². The van der Waals surface area contributed by atoms with Crippen LogP contribution in [-0.4, -0.2) is 18.1 Å². The van der Waals surface area contributed by atoms with E-state index in [4.69, 9.17) is 4.74 Å². The molecular formula is C17H21IN2O. The summed E-state index contributed by atoms with van der Waals surface area (Å²) in [6.45, 7) is 5.84. The summed E-state index contributed by atoms with van der Waals surface area (Å²) in [5.74, 6) is 0.836. The fourth-order valence-electron chi connectivity index (χ4n) is 2.18. The van der Waals surface area contributed by atoms with Gasteiger partial charge in [-0.3, -0.25) is 4.98 Å². The van der Waals surface area contributed by atoms with Gasteiger partial charge in [-0.1, -0.05) is 26.0 Å². The molecule has 0 aliphatic heterocycles. The van der Waals surface area contributed by atoms with Crippen LogP contribution in [-0.2, 0) is 0 Å². The molecule has 3 nitrogen and oxygen atoms in total. The Balaban J connectivity index is 2.27. The summed E-state index contributed by atoms with van der Waals surface area (Å²) in [4.78, 5) is 4.32. The van der Waals surface area contributed by atoms with Crippen molar-refractivity contribution in [3.63, 3.8) is 0 Å². The van der Waals surface area contributed by atoms with Crippen LogP contribution in [0.4, 0.5) is 0 Å². The lowest BCUT2D eigenvalue weighted by atomic mass is 10.00. The van der Waals surface area contributed by atoms with Gasteiger partial charge in [-0.25, -0.2) is 0 Å². The number of rotatable bonds is 7. The average Bonchev–Trinajstić information content (AvgIpc) is 2.52. The van der Waals surface area contributed by atoms with Gasteiger partial charge in [0.25, 0.3) is 0 Å². The van der Waals surface area contributed by atoms with Crippen LogP contribution in [0.2, 0.25) is 0 Å². The lowest BCUT2D eigenvalue weighted by Crippen LogP contribution is -2.22. The second-order valence-electron chi connectivity index (χ2n) is 4.84. The summed E-state index contributed by atoms with van der Waals surface area (Å²) >= 11 is 2.32. The fourth-order valence-corrected chi connectivity index (χ4v) is 2.54. The van der Waals surface area contributed by atoms with E-state index < -0.39 is 0 Å². The topological polar surface area (TPSA) is 34.1 Å². The monoisotopic (exact) mass is 396 g/mol. The number of ether oxygens (including phenoxy) is 1. The van der Waals surface area contributed by atoms with Gasteiger partial charge in [0.15, 0.2) is 0 Å². The first-order chi connectivity index (χ1) is 10.2. The molecule has 0 spiro atoms. The Kier molecular flexibility index (Phi) is 6.45. The van der Waals surface area contributed by atoms with Crippen molar-refractivity contribution in [2.24, 2.45) is 0 Å². The number of pyridine rings is 1. The zero-order chi connectivity index (χ0) is 15.1. The van der Waals surface area contributed by atoms with Gasteiger partial charge in [0.2, 0.25) is 0 Å². The third kappa shape index (κ3) is 4.68. The summed E-state index contributed by atoms with van der Waals surface area (Å²) < 4.78 is 6.93. The number of benzene rings is 1. The van der Waals surface area contributed by atoms with Gasteiger partial charge in [-0.15, -0.1) is 0 Å². The van der Waals surface area contributed by atoms with E-state index in [0.717, 1.165) is 30.9 Å². The molecule has 0 bridgehead atoms. The third-order valence-corrected chi connectivity index (χ3v) is 3.87. The van der Waals surface area contributed by atoms with Gasteiger partial charge in [-0.05, 0) is 64.9 Å². The van der Waals surface area contributed by atoms with Crippen LogP contribution in [0.5, 0.6) is 5.75 Å². The van der Waals surface area contributed by atoms with Crippen LogP contribution in [0.25, 0.3) is 0 Å². The molecule has 0 amide bonds. The quantitative estimate of drug-likeness (QED) is 0.714. The van der Waals surface area contributed by atoms with E-state index >= 15 is 0 Å². The van der Waals surface area contributed by atoms with E-state index in [0.29, 0.717) is 0 Å². The molecule has 0 saturated heterocycles. The molecule has 1 heterocycles. The molecule has 4 heteroatoms. The van der Waals surface area contributed by atoms with Crippen LogP contribution in [0.1, 0.15) is 37.4 Å². The lowest BCUT2D eigenvalue weighted by Gasteiger charge is -2.19. The Bertz CT molecular complexity index is 557. The Morgan fingerprint density at radius 1 is 1.14 bits per heavy atom. The molecule has 2 rings (SSSR count). The minimum Gasteiger partial charge on any atom is -0.492 e. The molecule has 21 heavy (non-hydrogen) atoms. The maximum atomic E-state index is 5.69. The van der Waals surface area contributed by atoms with Gasteiger partial charge in [0, 0.05) is 9.77 Å². The zero-order valence-electron chi connectivity index (χ0n) is 12.5. The molecule has 112 valence electrons. The molecule has 0 fully saturated rings. The Morgan fingerprint density at radius 2 is 1.90 bits per heavy atom. The van der Waals surface area contributed by atoms with Crippen molar-refractivity contribution in [3.05, 3.63) is 57.4 Å². The smallest absolute Gasteiger partial charge is 0.137 e. The summed E-state index contributed by atoms with van der Waals surface area (Å²) in [5, 5.41) is 3.52. The molecular weight excluding hydrogens is 375 g/mol. The molecule has 1 aromatic carbocycles. The summed E-state index contributed by atoms with van der Waals surface area (Å²) in [5.41, 5.74) is 2.37. The van der Waals surface area contributed by atoms with Crippen molar-refractivity contribution in [2.75, 3.05) is 13.2 Å². The highest BCUT2D eigenvalue weighted by Crippen LogP contribution is 2.25. The predicted octanol–water partition coefficient (Wildman–Crippen LogP) is 4.17. The molecule has 1 unspecified atom stereocenters. The number of hydrogen-bond acceptors (Lipinski definition) is 3. The Hall–Kier alpha value is -1.14. The van der Waals surface area contributed by atoms with Crippen molar-refractivity contribution in [3.8, 4) is 5.75 Å². The Labute approximate surface area is 140 Å². The molecule has 1 aromatic heterocycles. The van der Waals surface area contributed by atoms with E-state index in [9.17, 15) is 0 Å². The van der Waals surface area contributed by atoms with E-state index in [-0.39, 0.29) is 6.04 Å². The second-order valence-corrected chi connectivity index (χ2v) is 6.09. The number of halogens is 1. The van der Waals surface area contributed by atoms with Gasteiger partial charge in [0.1, 0.15) is 5.75 Å². The number of nitrogens with zero attached hydrogens (tertiary/aromatic N) is 1. The summed E-state index contributed by atoms with van der Waals surface area (Å²) in [7, 11) is 0. The molecule has 2 aromatic rings. The van der Waals surface area contributed by atoms with Crippen LogP contribution >= 0.6 is 22.6 Å². The standard InChI is InChI=1S/C17H21IN2O/c1-3-9-21-16-10-14(11-19-12-16)17(20-4-2)13-5-7-15(18)8-6-13/h5-8,10-12,17,20H,3-4,9H2,1-2H3. The van der Waals surface area contributed by atoms with E-state index in [2.05, 4.69) is 77.1 Å². The fraction of sp³-hybridized carbons (Fsp3) is 0.353. The normalized spacial score (nSPS) is 12.1. The van der Waals surface area contributed by atoms with E-state index in [1.54, 1.807) is 6.20 Å². The predicted molar refractivity (Wildman–Crippen MR) is 94.7 cm³/mol. The highest BCUT2D eigenvalue weighted by atomic mass is 127. The Morgan fingerprint density at radius 3 is 2.57 bits per heavy atom. The first-order valence-electron chi connectivity index (χ1n) is 7.31. The molecule has 0 radical (unpaired) electrons. The van der Waals surface area contributed by atoms with Crippen LogP contribution in [0.15, 0.2) is 42.7 Å². The molecule has 1 atom stereocenters. The summed E-state index contributed by atoms with van der Waals surface area (Å²) in [6, 6.07) is 10.8. The highest BCUT2D eigenvalue weighted by molar-refractivity contribution is 14.1. The first kappa shape index (κ1) is 16.2. The van der Waals surface area contributed by atoms with E-state index in [1.165, 1.54) is 9.13 Å². The van der Waals surface area contributed by atoms with Gasteiger partial charge < -0.3 is 10.1 Å². The van der Waals surface area contributed by atoms with Crippen molar-refractivity contribution >= 4 is 22.6 Å². The van der Waals surface area contributed by atoms with Crippen molar-refractivity contribution in [1.29, 1.82) is 0 Å². The van der Waals surface area contributed by atoms with Crippen molar-refractivity contribution < 1.29 is 4.74 Å². The highest BCUT2D eigenvalue weighted by Gasteiger charge is 2.14.